The van der Waals surface area contributed by atoms with Crippen molar-refractivity contribution in [1.82, 2.24) is 4.90 Å². The number of rotatable bonds is 7. The number of anilines is 1. The normalized spacial score (nSPS) is 18.1. The summed E-state index contributed by atoms with van der Waals surface area (Å²) in [6.07, 6.45) is 4.15. The van der Waals surface area contributed by atoms with Crippen LogP contribution in [0, 0.1) is 0 Å². The highest BCUT2D eigenvalue weighted by molar-refractivity contribution is 7.91. The Labute approximate surface area is 195 Å². The van der Waals surface area contributed by atoms with Crippen molar-refractivity contribution in [2.45, 2.75) is 36.6 Å². The second kappa shape index (κ2) is 9.81. The minimum atomic E-state index is -3.78. The van der Waals surface area contributed by atoms with Crippen LogP contribution in [-0.2, 0) is 14.6 Å². The van der Waals surface area contributed by atoms with Crippen LogP contribution in [0.5, 0.6) is 0 Å². The molecule has 2 heterocycles. The lowest BCUT2D eigenvalue weighted by Gasteiger charge is -2.28. The average molecular weight is 477 g/mol. The largest absolute Gasteiger partial charge is 0.465 e. The van der Waals surface area contributed by atoms with Gasteiger partial charge in [0.25, 0.3) is 0 Å². The number of carbonyl (C=O) groups is 1. The summed E-state index contributed by atoms with van der Waals surface area (Å²) in [4.78, 5) is 16.8. The lowest BCUT2D eigenvalue weighted by atomic mass is 10.1. The number of halogens is 1. The van der Waals surface area contributed by atoms with E-state index >= 15 is 0 Å². The van der Waals surface area contributed by atoms with Crippen LogP contribution < -0.4 is 4.90 Å². The van der Waals surface area contributed by atoms with Crippen LogP contribution in [0.1, 0.15) is 47.6 Å². The van der Waals surface area contributed by atoms with Crippen molar-refractivity contribution in [1.29, 1.82) is 0 Å². The molecule has 0 spiro atoms. The van der Waals surface area contributed by atoms with E-state index in [0.717, 1.165) is 57.4 Å². The number of benzene rings is 2. The van der Waals surface area contributed by atoms with Gasteiger partial charge in [-0.1, -0.05) is 41.9 Å². The third kappa shape index (κ3) is 4.80. The third-order valence-electron chi connectivity index (χ3n) is 6.38. The van der Waals surface area contributed by atoms with Gasteiger partial charge in [-0.3, -0.25) is 4.90 Å². The van der Waals surface area contributed by atoms with E-state index in [1.165, 1.54) is 13.2 Å². The Morgan fingerprint density at radius 1 is 1.03 bits per heavy atom. The van der Waals surface area contributed by atoms with Crippen molar-refractivity contribution in [3.8, 4) is 0 Å². The van der Waals surface area contributed by atoms with E-state index in [1.807, 2.05) is 30.3 Å². The van der Waals surface area contributed by atoms with Crippen molar-refractivity contribution in [2.24, 2.45) is 0 Å². The number of hydrogen-bond donors (Lipinski definition) is 0. The molecule has 32 heavy (non-hydrogen) atoms. The Hall–Kier alpha value is -2.09. The molecule has 2 saturated heterocycles. The Bertz CT molecular complexity index is 1060. The fraction of sp³-hybridized carbons (Fsp3) is 0.458. The molecule has 0 bridgehead atoms. The Kier molecular flexibility index (Phi) is 7.08. The van der Waals surface area contributed by atoms with Crippen molar-refractivity contribution in [2.75, 3.05) is 43.9 Å². The maximum atomic E-state index is 13.6. The topological polar surface area (TPSA) is 66.9 Å². The second-order valence-corrected chi connectivity index (χ2v) is 10.8. The highest BCUT2D eigenvalue weighted by Crippen LogP contribution is 2.36. The van der Waals surface area contributed by atoms with Crippen LogP contribution in [0.2, 0.25) is 5.02 Å². The zero-order chi connectivity index (χ0) is 22.7. The van der Waals surface area contributed by atoms with Gasteiger partial charge in [0.1, 0.15) is 0 Å². The summed E-state index contributed by atoms with van der Waals surface area (Å²) in [5.41, 5.74) is 1.85. The molecule has 2 aliphatic rings. The fourth-order valence-electron chi connectivity index (χ4n) is 4.71. The summed E-state index contributed by atoms with van der Waals surface area (Å²) in [6.45, 7) is 3.34. The first-order chi connectivity index (χ1) is 15.4. The van der Waals surface area contributed by atoms with Crippen LogP contribution in [0.25, 0.3) is 0 Å². The van der Waals surface area contributed by atoms with E-state index in [1.54, 1.807) is 6.07 Å². The van der Waals surface area contributed by atoms with E-state index < -0.39 is 15.8 Å². The van der Waals surface area contributed by atoms with Gasteiger partial charge in [0.05, 0.1) is 34.0 Å². The van der Waals surface area contributed by atoms with Gasteiger partial charge in [-0.25, -0.2) is 13.2 Å². The lowest BCUT2D eigenvalue weighted by Crippen LogP contribution is -2.31. The van der Waals surface area contributed by atoms with Crippen LogP contribution in [0.4, 0.5) is 5.69 Å². The smallest absolute Gasteiger partial charge is 0.340 e. The van der Waals surface area contributed by atoms with Gasteiger partial charge in [0.15, 0.2) is 9.84 Å². The van der Waals surface area contributed by atoms with E-state index in [9.17, 15) is 13.2 Å². The van der Waals surface area contributed by atoms with Gasteiger partial charge in [0, 0.05) is 19.1 Å². The number of ether oxygens (including phenoxy) is 1. The number of likely N-dealkylation sites (tertiary alicyclic amines) is 1. The van der Waals surface area contributed by atoms with E-state index in [-0.39, 0.29) is 27.3 Å². The summed E-state index contributed by atoms with van der Waals surface area (Å²) in [6, 6.07) is 12.5. The van der Waals surface area contributed by atoms with Crippen LogP contribution in [0.15, 0.2) is 47.4 Å². The molecular formula is C24H29ClN2O4S. The monoisotopic (exact) mass is 476 g/mol. The highest BCUT2D eigenvalue weighted by atomic mass is 35.5. The van der Waals surface area contributed by atoms with E-state index in [4.69, 9.17) is 16.3 Å². The minimum absolute atomic E-state index is 0.0114. The first-order valence-electron chi connectivity index (χ1n) is 11.1. The first kappa shape index (κ1) is 23.1. The number of esters is 1. The zero-order valence-corrected chi connectivity index (χ0v) is 19.9. The zero-order valence-electron chi connectivity index (χ0n) is 18.3. The standard InChI is InChI=1S/C24H29ClN2O4S/c1-31-24(28)19-15-23(20(25)16-21(19)26-11-5-6-12-26)32(29,30)17-22(27-13-7-8-14-27)18-9-3-2-4-10-18/h2-4,9-10,15-16,22H,5-8,11-14,17H2,1H3. The second-order valence-electron chi connectivity index (χ2n) is 8.44. The third-order valence-corrected chi connectivity index (χ3v) is 8.57. The first-order valence-corrected chi connectivity index (χ1v) is 13.1. The molecule has 0 radical (unpaired) electrons. The molecule has 0 aliphatic carbocycles. The number of hydrogen-bond acceptors (Lipinski definition) is 6. The summed E-state index contributed by atoms with van der Waals surface area (Å²) in [7, 11) is -2.48. The summed E-state index contributed by atoms with van der Waals surface area (Å²) in [5.74, 6) is -0.653. The Morgan fingerprint density at radius 3 is 2.28 bits per heavy atom. The van der Waals surface area contributed by atoms with Gasteiger partial charge < -0.3 is 9.64 Å². The molecule has 1 atom stereocenters. The van der Waals surface area contributed by atoms with Crippen LogP contribution >= 0.6 is 11.6 Å². The predicted octanol–water partition coefficient (Wildman–Crippen LogP) is 4.34. The van der Waals surface area contributed by atoms with Gasteiger partial charge in [-0.05, 0) is 56.5 Å². The van der Waals surface area contributed by atoms with Gasteiger partial charge in [-0.15, -0.1) is 0 Å². The van der Waals surface area contributed by atoms with Crippen LogP contribution in [-0.4, -0.2) is 58.3 Å². The fourth-order valence-corrected chi connectivity index (χ4v) is 6.88. The predicted molar refractivity (Wildman–Crippen MR) is 126 cm³/mol. The number of nitrogens with zero attached hydrogens (tertiary/aromatic N) is 2. The molecule has 2 aromatic rings. The SMILES string of the molecule is COC(=O)c1cc(S(=O)(=O)CC(c2ccccc2)N2CCCC2)c(Cl)cc1N1CCCC1. The molecule has 8 heteroatoms. The van der Waals surface area contributed by atoms with Gasteiger partial charge in [0.2, 0.25) is 0 Å². The van der Waals surface area contributed by atoms with Crippen LogP contribution in [0.3, 0.4) is 0 Å². The molecule has 172 valence electrons. The molecule has 2 aliphatic heterocycles. The van der Waals surface area contributed by atoms with Crippen molar-refractivity contribution >= 4 is 33.1 Å². The molecule has 2 fully saturated rings. The average Bonchev–Trinajstić information content (AvgIpc) is 3.52. The number of carbonyl (C=O) groups excluding carboxylic acids is 1. The van der Waals surface area contributed by atoms with E-state index in [0.29, 0.717) is 5.69 Å². The molecule has 6 nitrogen and oxygen atoms in total. The summed E-state index contributed by atoms with van der Waals surface area (Å²) in [5, 5.41) is 0.146. The van der Waals surface area contributed by atoms with E-state index in [2.05, 4.69) is 9.80 Å². The Morgan fingerprint density at radius 2 is 1.66 bits per heavy atom. The summed E-state index contributed by atoms with van der Waals surface area (Å²) >= 11 is 6.53. The molecule has 0 amide bonds. The van der Waals surface area contributed by atoms with Gasteiger partial charge >= 0.3 is 5.97 Å². The Balaban J connectivity index is 1.72. The maximum absolute atomic E-state index is 13.6. The summed E-state index contributed by atoms with van der Waals surface area (Å²) < 4.78 is 32.2. The van der Waals surface area contributed by atoms with Crippen molar-refractivity contribution < 1.29 is 17.9 Å². The maximum Gasteiger partial charge on any atom is 0.340 e. The quantitative estimate of drug-likeness (QED) is 0.554. The van der Waals surface area contributed by atoms with Gasteiger partial charge in [-0.2, -0.15) is 0 Å². The van der Waals surface area contributed by atoms with Crippen molar-refractivity contribution in [3.63, 3.8) is 0 Å². The number of sulfone groups is 1. The molecule has 0 N–H and O–H groups in total. The lowest BCUT2D eigenvalue weighted by molar-refractivity contribution is 0.0601. The molecule has 1 unspecified atom stereocenters. The molecule has 4 rings (SSSR count). The minimum Gasteiger partial charge on any atom is -0.465 e. The molecular weight excluding hydrogens is 448 g/mol. The molecule has 2 aromatic carbocycles. The van der Waals surface area contributed by atoms with Crippen molar-refractivity contribution in [3.05, 3.63) is 58.6 Å². The number of methoxy groups -OCH3 is 1. The molecule has 0 aromatic heterocycles. The molecule has 0 saturated carbocycles. The highest BCUT2D eigenvalue weighted by Gasteiger charge is 2.32.